The van der Waals surface area contributed by atoms with Crippen molar-refractivity contribution in [2.75, 3.05) is 0 Å². The van der Waals surface area contributed by atoms with Crippen molar-refractivity contribution in [1.29, 1.82) is 0 Å². The maximum Gasteiger partial charge on any atom is 0.0431 e. The molecule has 0 saturated carbocycles. The molecule has 0 unspecified atom stereocenters. The number of benzene rings is 3. The normalized spacial score (nSPS) is 12.3. The van der Waals surface area contributed by atoms with Crippen LogP contribution in [0.25, 0.3) is 61.9 Å². The van der Waals surface area contributed by atoms with Gasteiger partial charge in [-0.1, -0.05) is 156 Å². The summed E-state index contributed by atoms with van der Waals surface area (Å²) >= 11 is 8.48. The van der Waals surface area contributed by atoms with Gasteiger partial charge in [0, 0.05) is 81.4 Å². The molecule has 4 heteroatoms. The van der Waals surface area contributed by atoms with Gasteiger partial charge in [0.15, 0.2) is 0 Å². The minimum Gasteiger partial charge on any atom is -0.140 e. The maximum atomic E-state index is 2.69. The summed E-state index contributed by atoms with van der Waals surface area (Å²) in [6, 6.07) is 15.9. The van der Waals surface area contributed by atoms with Crippen molar-refractivity contribution in [1.82, 2.24) is 0 Å². The first-order chi connectivity index (χ1) is 28.6. The molecule has 0 spiro atoms. The first-order valence-electron chi connectivity index (χ1n) is 24.3. The summed E-state index contributed by atoms with van der Waals surface area (Å²) in [7, 11) is 0. The molecule has 0 aliphatic carbocycles. The summed E-state index contributed by atoms with van der Waals surface area (Å²) in [4.78, 5) is 6.38. The second-order valence-electron chi connectivity index (χ2n) is 17.8. The smallest absolute Gasteiger partial charge is 0.0431 e. The van der Waals surface area contributed by atoms with Crippen LogP contribution >= 0.6 is 45.3 Å². The Balaban J connectivity index is 1.30. The molecule has 7 rings (SSSR count). The maximum absolute atomic E-state index is 2.69. The van der Waals surface area contributed by atoms with E-state index in [2.05, 4.69) is 109 Å². The molecule has 0 saturated heterocycles. The third-order valence-electron chi connectivity index (χ3n) is 13.0. The second-order valence-corrected chi connectivity index (χ2v) is 22.4. The van der Waals surface area contributed by atoms with Gasteiger partial charge in [-0.15, -0.1) is 45.3 Å². The van der Waals surface area contributed by atoms with Crippen LogP contribution in [0.3, 0.4) is 0 Å². The SMILES string of the molecule is CCCCCCCCc1cc2c3cc(CCCCCCCC)sc3c3cc4c(cc3c2s1)c1sc(CCCCCCCC)cc1c1cc(CCCCCCCC)sc14. The molecular formula is C54H74S4. The van der Waals surface area contributed by atoms with Gasteiger partial charge in [0.05, 0.1) is 0 Å². The highest BCUT2D eigenvalue weighted by Gasteiger charge is 2.20. The molecule has 0 N–H and O–H groups in total. The van der Waals surface area contributed by atoms with Crippen LogP contribution in [0.5, 0.6) is 0 Å². The molecule has 4 aromatic heterocycles. The predicted octanol–water partition coefficient (Wildman–Crippen LogP) is 20.5. The Labute approximate surface area is 368 Å². The lowest BCUT2D eigenvalue weighted by Gasteiger charge is -2.09. The zero-order valence-corrected chi connectivity index (χ0v) is 40.2. The van der Waals surface area contributed by atoms with Crippen LogP contribution in [-0.4, -0.2) is 0 Å². The lowest BCUT2D eigenvalue weighted by atomic mass is 9.97. The fourth-order valence-corrected chi connectivity index (χ4v) is 14.5. The highest BCUT2D eigenvalue weighted by atomic mass is 32.1. The number of fused-ring (bicyclic) bond motifs is 12. The van der Waals surface area contributed by atoms with Crippen LogP contribution in [0, 0.1) is 0 Å². The van der Waals surface area contributed by atoms with E-state index in [1.54, 1.807) is 38.3 Å². The molecule has 7 aromatic rings. The van der Waals surface area contributed by atoms with Gasteiger partial charge in [-0.05, 0) is 87.8 Å². The molecule has 58 heavy (non-hydrogen) atoms. The van der Waals surface area contributed by atoms with Crippen molar-refractivity contribution in [3.63, 3.8) is 0 Å². The molecule has 0 atom stereocenters. The van der Waals surface area contributed by atoms with Crippen LogP contribution < -0.4 is 0 Å². The van der Waals surface area contributed by atoms with E-state index in [1.165, 1.54) is 223 Å². The van der Waals surface area contributed by atoms with Gasteiger partial charge >= 0.3 is 0 Å². The van der Waals surface area contributed by atoms with Gasteiger partial charge in [0.25, 0.3) is 0 Å². The van der Waals surface area contributed by atoms with Gasteiger partial charge in [-0.3, -0.25) is 0 Å². The molecule has 314 valence electrons. The van der Waals surface area contributed by atoms with Crippen molar-refractivity contribution in [3.05, 3.63) is 55.9 Å². The van der Waals surface area contributed by atoms with Crippen molar-refractivity contribution in [2.45, 2.75) is 207 Å². The van der Waals surface area contributed by atoms with Gasteiger partial charge in [-0.25, -0.2) is 0 Å². The number of thiophene rings is 4. The lowest BCUT2D eigenvalue weighted by molar-refractivity contribution is 0.609. The Kier molecular flexibility index (Phi) is 17.3. The Morgan fingerprint density at radius 1 is 0.241 bits per heavy atom. The van der Waals surface area contributed by atoms with Crippen molar-refractivity contribution < 1.29 is 0 Å². The average molecular weight is 851 g/mol. The number of hydrogen-bond donors (Lipinski definition) is 0. The van der Waals surface area contributed by atoms with E-state index in [0.717, 1.165) is 0 Å². The summed E-state index contributed by atoms with van der Waals surface area (Å²) < 4.78 is 6.17. The monoisotopic (exact) mass is 850 g/mol. The van der Waals surface area contributed by atoms with Crippen LogP contribution in [0.15, 0.2) is 36.4 Å². The van der Waals surface area contributed by atoms with E-state index in [4.69, 9.17) is 0 Å². The third-order valence-corrected chi connectivity index (χ3v) is 17.9. The van der Waals surface area contributed by atoms with Gasteiger partial charge in [0.2, 0.25) is 0 Å². The molecule has 4 heterocycles. The summed E-state index contributed by atoms with van der Waals surface area (Å²) in [6.45, 7) is 9.30. The van der Waals surface area contributed by atoms with Crippen LogP contribution in [0.4, 0.5) is 0 Å². The molecule has 0 fully saturated rings. The fourth-order valence-electron chi connectivity index (χ4n) is 9.53. The van der Waals surface area contributed by atoms with Crippen molar-refractivity contribution >= 4 is 107 Å². The van der Waals surface area contributed by atoms with Crippen molar-refractivity contribution in [2.24, 2.45) is 0 Å². The van der Waals surface area contributed by atoms with E-state index in [1.807, 2.05) is 0 Å². The molecule has 0 aliphatic heterocycles. The molecule has 0 amide bonds. The summed E-state index contributed by atoms with van der Waals surface area (Å²) in [5.41, 5.74) is 0. The number of hydrogen-bond acceptors (Lipinski definition) is 4. The van der Waals surface area contributed by atoms with E-state index < -0.39 is 0 Å². The van der Waals surface area contributed by atoms with E-state index in [9.17, 15) is 0 Å². The highest BCUT2D eigenvalue weighted by Crippen LogP contribution is 2.49. The zero-order chi connectivity index (χ0) is 40.1. The second kappa shape index (κ2) is 22.7. The summed E-state index contributed by atoms with van der Waals surface area (Å²) in [5.74, 6) is 0. The number of aryl methyl sites for hydroxylation is 4. The Morgan fingerprint density at radius 3 is 0.655 bits per heavy atom. The van der Waals surface area contributed by atoms with Gasteiger partial charge < -0.3 is 0 Å². The Bertz CT molecular complexity index is 2000. The fraction of sp³-hybridized carbons (Fsp3) is 0.593. The predicted molar refractivity (Wildman–Crippen MR) is 271 cm³/mol. The van der Waals surface area contributed by atoms with Gasteiger partial charge in [-0.2, -0.15) is 0 Å². The summed E-state index contributed by atoms with van der Waals surface area (Å²) in [5, 5.41) is 12.2. The molecule has 0 nitrogen and oxygen atoms in total. The molecule has 0 radical (unpaired) electrons. The first-order valence-corrected chi connectivity index (χ1v) is 27.6. The minimum absolute atomic E-state index is 1.23. The third kappa shape index (κ3) is 10.9. The average Bonchev–Trinajstić information content (AvgIpc) is 4.05. The highest BCUT2D eigenvalue weighted by molar-refractivity contribution is 7.23. The molecule has 0 bridgehead atoms. The molecule has 3 aromatic carbocycles. The van der Waals surface area contributed by atoms with Crippen LogP contribution in [0.1, 0.15) is 201 Å². The van der Waals surface area contributed by atoms with Gasteiger partial charge in [0.1, 0.15) is 0 Å². The largest absolute Gasteiger partial charge is 0.140 e. The standard InChI is InChI=1S/C54H74S4/c1-5-9-13-17-21-25-29-39-33-43-44-34-40(30-26-22-18-14-10-6-2)56-52(44)48-38-50-49(37-47(48)51(43)55-39)53-45(35-41(57-53)31-27-23-19-15-11-7-3)46-36-42(58-54(46)50)32-28-24-20-16-12-8-4/h33-38H,5-32H2,1-4H3. The minimum atomic E-state index is 1.23. The first kappa shape index (κ1) is 44.1. The van der Waals surface area contributed by atoms with Crippen LogP contribution in [-0.2, 0) is 25.7 Å². The Hall–Kier alpha value is -1.98. The Morgan fingerprint density at radius 2 is 0.431 bits per heavy atom. The zero-order valence-electron chi connectivity index (χ0n) is 36.9. The van der Waals surface area contributed by atoms with E-state index in [-0.39, 0.29) is 0 Å². The molecular weight excluding hydrogens is 777 g/mol. The quantitative estimate of drug-likeness (QED) is 0.0340. The van der Waals surface area contributed by atoms with E-state index in [0.29, 0.717) is 0 Å². The summed E-state index contributed by atoms with van der Waals surface area (Å²) in [6.07, 6.45) is 37.6. The van der Waals surface area contributed by atoms with Crippen molar-refractivity contribution in [3.8, 4) is 0 Å². The number of rotatable bonds is 28. The molecule has 0 aliphatic rings. The lowest BCUT2D eigenvalue weighted by Crippen LogP contribution is -1.82. The topological polar surface area (TPSA) is 0 Å². The van der Waals surface area contributed by atoms with E-state index >= 15 is 0 Å². The number of unbranched alkanes of at least 4 members (excludes halogenated alkanes) is 20. The van der Waals surface area contributed by atoms with Crippen LogP contribution in [0.2, 0.25) is 0 Å².